The van der Waals surface area contributed by atoms with E-state index >= 15 is 0 Å². The first-order chi connectivity index (χ1) is 14.5. The van der Waals surface area contributed by atoms with Crippen LogP contribution in [0.3, 0.4) is 0 Å². The van der Waals surface area contributed by atoms with Crippen molar-refractivity contribution in [1.29, 1.82) is 0 Å². The van der Waals surface area contributed by atoms with E-state index in [0.717, 1.165) is 28.5 Å². The molecule has 4 nitrogen and oxygen atoms in total. The summed E-state index contributed by atoms with van der Waals surface area (Å²) in [4.78, 5) is 28.1. The van der Waals surface area contributed by atoms with Crippen LogP contribution in [-0.4, -0.2) is 17.3 Å². The molecule has 2 N–H and O–H groups in total. The Bertz CT molecular complexity index is 1260. The number of carbonyl (C=O) groups excluding carboxylic acids is 1. The molecule has 1 aromatic heterocycles. The molecule has 0 aliphatic carbocycles. The van der Waals surface area contributed by atoms with Gasteiger partial charge in [-0.3, -0.25) is 9.59 Å². The topological polar surface area (TPSA) is 62.0 Å². The highest BCUT2D eigenvalue weighted by Gasteiger charge is 2.18. The first kappa shape index (κ1) is 19.6. The normalized spacial score (nSPS) is 10.9. The second-order valence-electron chi connectivity index (χ2n) is 7.52. The van der Waals surface area contributed by atoms with Crippen molar-refractivity contribution in [1.82, 2.24) is 4.98 Å². The average molecular weight is 396 g/mol. The SMILES string of the molecule is CC(=O)c1c(NCCc2ccc(C)cc2)c2cccc(-c3ccccc3)c2[nH]c1=O. The molecule has 0 saturated heterocycles. The van der Waals surface area contributed by atoms with Crippen molar-refractivity contribution < 1.29 is 4.79 Å². The van der Waals surface area contributed by atoms with Crippen LogP contribution >= 0.6 is 0 Å². The van der Waals surface area contributed by atoms with Gasteiger partial charge in [-0.25, -0.2) is 0 Å². The van der Waals surface area contributed by atoms with Crippen LogP contribution < -0.4 is 10.9 Å². The predicted molar refractivity (Wildman–Crippen MR) is 123 cm³/mol. The Morgan fingerprint density at radius 2 is 1.67 bits per heavy atom. The molecule has 0 bridgehead atoms. The lowest BCUT2D eigenvalue weighted by Gasteiger charge is -2.15. The van der Waals surface area contributed by atoms with Crippen LogP contribution in [0.5, 0.6) is 0 Å². The minimum Gasteiger partial charge on any atom is -0.383 e. The van der Waals surface area contributed by atoms with Crippen LogP contribution in [0.15, 0.2) is 77.6 Å². The largest absolute Gasteiger partial charge is 0.383 e. The summed E-state index contributed by atoms with van der Waals surface area (Å²) < 4.78 is 0. The van der Waals surface area contributed by atoms with Gasteiger partial charge in [0, 0.05) is 17.5 Å². The highest BCUT2D eigenvalue weighted by atomic mass is 16.1. The highest BCUT2D eigenvalue weighted by Crippen LogP contribution is 2.31. The third kappa shape index (κ3) is 3.90. The number of anilines is 1. The van der Waals surface area contributed by atoms with E-state index in [1.807, 2.05) is 48.5 Å². The molecule has 1 heterocycles. The van der Waals surface area contributed by atoms with Crippen LogP contribution in [0.1, 0.15) is 28.4 Å². The van der Waals surface area contributed by atoms with Gasteiger partial charge in [-0.05, 0) is 31.4 Å². The van der Waals surface area contributed by atoms with Crippen molar-refractivity contribution in [2.75, 3.05) is 11.9 Å². The molecule has 0 fully saturated rings. The van der Waals surface area contributed by atoms with Crippen LogP contribution in [-0.2, 0) is 6.42 Å². The summed E-state index contributed by atoms with van der Waals surface area (Å²) in [5, 5.41) is 4.22. The maximum atomic E-state index is 12.8. The minimum atomic E-state index is -0.365. The number of aromatic amines is 1. The molecule has 0 aliphatic rings. The summed E-state index contributed by atoms with van der Waals surface area (Å²) in [6.45, 7) is 4.12. The van der Waals surface area contributed by atoms with Gasteiger partial charge >= 0.3 is 0 Å². The lowest BCUT2D eigenvalue weighted by molar-refractivity contribution is 0.101. The van der Waals surface area contributed by atoms with E-state index in [0.29, 0.717) is 12.2 Å². The number of ketones is 1. The summed E-state index contributed by atoms with van der Waals surface area (Å²) in [5.74, 6) is -0.249. The zero-order valence-electron chi connectivity index (χ0n) is 17.2. The number of H-pyrrole nitrogens is 1. The van der Waals surface area contributed by atoms with Crippen LogP contribution in [0.4, 0.5) is 5.69 Å². The molecular weight excluding hydrogens is 372 g/mol. The number of fused-ring (bicyclic) bond motifs is 1. The summed E-state index contributed by atoms with van der Waals surface area (Å²) in [6.07, 6.45) is 0.796. The summed E-state index contributed by atoms with van der Waals surface area (Å²) in [5.41, 5.74) is 5.52. The zero-order chi connectivity index (χ0) is 21.1. The van der Waals surface area contributed by atoms with E-state index in [2.05, 4.69) is 41.5 Å². The van der Waals surface area contributed by atoms with E-state index < -0.39 is 0 Å². The number of benzene rings is 3. The lowest BCUT2D eigenvalue weighted by Crippen LogP contribution is -2.21. The molecular formula is C26H24N2O2. The molecule has 0 spiro atoms. The number of Topliss-reactive ketones (excluding diaryl/α,β-unsaturated/α-hetero) is 1. The van der Waals surface area contributed by atoms with Gasteiger partial charge < -0.3 is 10.3 Å². The summed E-state index contributed by atoms with van der Waals surface area (Å²) in [6, 6.07) is 24.2. The van der Waals surface area contributed by atoms with Gasteiger partial charge in [-0.1, -0.05) is 78.4 Å². The average Bonchev–Trinajstić information content (AvgIpc) is 2.75. The van der Waals surface area contributed by atoms with E-state index in [1.165, 1.54) is 18.1 Å². The van der Waals surface area contributed by atoms with Gasteiger partial charge in [0.25, 0.3) is 5.56 Å². The fraction of sp³-hybridized carbons (Fsp3) is 0.154. The molecule has 30 heavy (non-hydrogen) atoms. The van der Waals surface area contributed by atoms with Crippen molar-refractivity contribution in [3.8, 4) is 11.1 Å². The summed E-state index contributed by atoms with van der Waals surface area (Å²) >= 11 is 0. The first-order valence-corrected chi connectivity index (χ1v) is 10.1. The summed E-state index contributed by atoms with van der Waals surface area (Å²) in [7, 11) is 0. The number of para-hydroxylation sites is 1. The maximum Gasteiger partial charge on any atom is 0.261 e. The van der Waals surface area contributed by atoms with E-state index in [1.54, 1.807) is 0 Å². The Hall–Kier alpha value is -3.66. The number of carbonyl (C=O) groups is 1. The number of aromatic nitrogens is 1. The van der Waals surface area contributed by atoms with Crippen LogP contribution in [0.25, 0.3) is 22.0 Å². The van der Waals surface area contributed by atoms with Gasteiger partial charge in [-0.15, -0.1) is 0 Å². The number of rotatable bonds is 6. The standard InChI is InChI=1S/C26H24N2O2/c1-17-11-13-19(14-12-17)15-16-27-25-22-10-6-9-21(20-7-4-3-5-8-20)24(22)28-26(30)23(25)18(2)29/h3-14H,15-16H2,1-2H3,(H2,27,28,30). The Morgan fingerprint density at radius 3 is 2.37 bits per heavy atom. The maximum absolute atomic E-state index is 12.8. The highest BCUT2D eigenvalue weighted by molar-refractivity contribution is 6.09. The molecule has 4 aromatic rings. The van der Waals surface area contributed by atoms with Crippen molar-refractivity contribution in [3.05, 3.63) is 99.8 Å². The van der Waals surface area contributed by atoms with Crippen molar-refractivity contribution in [2.45, 2.75) is 20.3 Å². The van der Waals surface area contributed by atoms with Gasteiger partial charge in [0.05, 0.1) is 11.2 Å². The number of aryl methyl sites for hydroxylation is 1. The molecule has 0 amide bonds. The van der Waals surface area contributed by atoms with Gasteiger partial charge in [0.15, 0.2) is 5.78 Å². The Balaban J connectivity index is 1.78. The number of pyridine rings is 1. The quantitative estimate of drug-likeness (QED) is 0.431. The molecule has 0 aliphatic heterocycles. The molecule has 0 saturated carbocycles. The van der Waals surface area contributed by atoms with Crippen molar-refractivity contribution in [2.24, 2.45) is 0 Å². The second-order valence-corrected chi connectivity index (χ2v) is 7.52. The number of hydrogen-bond donors (Lipinski definition) is 2. The van der Waals surface area contributed by atoms with Crippen LogP contribution in [0, 0.1) is 6.92 Å². The Labute approximate surface area is 175 Å². The first-order valence-electron chi connectivity index (χ1n) is 10.1. The Kier molecular flexibility index (Phi) is 5.48. The minimum absolute atomic E-state index is 0.177. The fourth-order valence-corrected chi connectivity index (χ4v) is 3.78. The van der Waals surface area contributed by atoms with E-state index in [9.17, 15) is 9.59 Å². The Morgan fingerprint density at radius 1 is 0.933 bits per heavy atom. The van der Waals surface area contributed by atoms with Gasteiger partial charge in [-0.2, -0.15) is 0 Å². The number of nitrogens with one attached hydrogen (secondary N) is 2. The molecule has 0 atom stereocenters. The molecule has 4 heteroatoms. The molecule has 0 unspecified atom stereocenters. The zero-order valence-corrected chi connectivity index (χ0v) is 17.2. The third-order valence-electron chi connectivity index (χ3n) is 5.32. The fourth-order valence-electron chi connectivity index (χ4n) is 3.78. The predicted octanol–water partition coefficient (Wildman–Crippen LogP) is 5.36. The van der Waals surface area contributed by atoms with E-state index in [-0.39, 0.29) is 16.9 Å². The van der Waals surface area contributed by atoms with Crippen molar-refractivity contribution >= 4 is 22.4 Å². The van der Waals surface area contributed by atoms with Gasteiger partial charge in [0.1, 0.15) is 5.56 Å². The lowest BCUT2D eigenvalue weighted by atomic mass is 9.99. The molecule has 0 radical (unpaired) electrons. The second kappa shape index (κ2) is 8.37. The molecule has 4 rings (SSSR count). The van der Waals surface area contributed by atoms with E-state index in [4.69, 9.17) is 0 Å². The van der Waals surface area contributed by atoms with Gasteiger partial charge in [0.2, 0.25) is 0 Å². The molecule has 150 valence electrons. The molecule has 3 aromatic carbocycles. The van der Waals surface area contributed by atoms with Crippen molar-refractivity contribution in [3.63, 3.8) is 0 Å². The van der Waals surface area contributed by atoms with Crippen LogP contribution in [0.2, 0.25) is 0 Å². The smallest absolute Gasteiger partial charge is 0.261 e. The third-order valence-corrected chi connectivity index (χ3v) is 5.32. The number of hydrogen-bond acceptors (Lipinski definition) is 3. The monoisotopic (exact) mass is 396 g/mol.